The molecule has 3 nitrogen and oxygen atoms in total. The maximum absolute atomic E-state index is 10.2. The summed E-state index contributed by atoms with van der Waals surface area (Å²) in [6.45, 7) is 0. The molecule has 17 heavy (non-hydrogen) atoms. The molecule has 2 aromatic heterocycles. The highest BCUT2D eigenvalue weighted by Crippen LogP contribution is 2.07. The normalized spacial score (nSPS) is 9.41. The Morgan fingerprint density at radius 2 is 1.65 bits per heavy atom. The SMILES string of the molecule is O=c1cccc[nH]1.c1ccc2ncccc2c1. The number of pyridine rings is 2. The molecule has 0 fully saturated rings. The van der Waals surface area contributed by atoms with Crippen LogP contribution in [0.25, 0.3) is 10.9 Å². The summed E-state index contributed by atoms with van der Waals surface area (Å²) in [7, 11) is 0. The van der Waals surface area contributed by atoms with Gasteiger partial charge < -0.3 is 4.98 Å². The van der Waals surface area contributed by atoms with Crippen LogP contribution < -0.4 is 5.56 Å². The number of rotatable bonds is 0. The maximum Gasteiger partial charge on any atom is 0.247 e. The molecule has 0 aliphatic carbocycles. The molecule has 0 spiro atoms. The first-order chi connectivity index (χ1) is 8.36. The van der Waals surface area contributed by atoms with Crippen LogP contribution in [0.1, 0.15) is 0 Å². The van der Waals surface area contributed by atoms with E-state index in [1.165, 1.54) is 11.5 Å². The molecule has 3 aromatic rings. The van der Waals surface area contributed by atoms with Crippen LogP contribution >= 0.6 is 0 Å². The van der Waals surface area contributed by atoms with Gasteiger partial charge >= 0.3 is 0 Å². The van der Waals surface area contributed by atoms with Crippen molar-refractivity contribution in [2.24, 2.45) is 0 Å². The highest BCUT2D eigenvalue weighted by atomic mass is 16.1. The molecule has 3 heteroatoms. The van der Waals surface area contributed by atoms with Crippen molar-refractivity contribution in [2.45, 2.75) is 0 Å². The van der Waals surface area contributed by atoms with Gasteiger partial charge in [0.05, 0.1) is 5.52 Å². The Labute approximate surface area is 98.8 Å². The number of benzene rings is 1. The zero-order valence-electron chi connectivity index (χ0n) is 9.21. The van der Waals surface area contributed by atoms with Gasteiger partial charge in [-0.3, -0.25) is 9.78 Å². The van der Waals surface area contributed by atoms with Crippen molar-refractivity contribution in [3.8, 4) is 0 Å². The van der Waals surface area contributed by atoms with E-state index in [4.69, 9.17) is 0 Å². The lowest BCUT2D eigenvalue weighted by Gasteiger charge is -1.91. The molecule has 84 valence electrons. The number of hydrogen-bond acceptors (Lipinski definition) is 2. The molecule has 0 atom stereocenters. The number of hydrogen-bond donors (Lipinski definition) is 1. The Bertz CT molecular complexity index is 564. The molecule has 0 amide bonds. The molecule has 1 aromatic carbocycles. The van der Waals surface area contributed by atoms with Gasteiger partial charge in [-0.15, -0.1) is 0 Å². The van der Waals surface area contributed by atoms with Crippen LogP contribution in [-0.2, 0) is 0 Å². The Morgan fingerprint density at radius 3 is 2.29 bits per heavy atom. The number of H-pyrrole nitrogens is 1. The van der Waals surface area contributed by atoms with Crippen molar-refractivity contribution in [1.82, 2.24) is 9.97 Å². The first-order valence-electron chi connectivity index (χ1n) is 5.30. The summed E-state index contributed by atoms with van der Waals surface area (Å²) in [6.07, 6.45) is 3.41. The van der Waals surface area contributed by atoms with Crippen LogP contribution in [0.4, 0.5) is 0 Å². The minimum absolute atomic E-state index is 0.0532. The minimum atomic E-state index is -0.0532. The zero-order valence-corrected chi connectivity index (χ0v) is 9.21. The van der Waals surface area contributed by atoms with Crippen LogP contribution in [0, 0.1) is 0 Å². The third kappa shape index (κ3) is 3.28. The second-order valence-corrected chi connectivity index (χ2v) is 3.42. The highest BCUT2D eigenvalue weighted by Gasteiger charge is 1.86. The van der Waals surface area contributed by atoms with E-state index in [1.807, 2.05) is 30.5 Å². The van der Waals surface area contributed by atoms with E-state index >= 15 is 0 Å². The molecule has 2 heterocycles. The number of aromatic nitrogens is 2. The maximum atomic E-state index is 10.2. The minimum Gasteiger partial charge on any atom is -0.329 e. The van der Waals surface area contributed by atoms with Crippen LogP contribution in [0.2, 0.25) is 0 Å². The summed E-state index contributed by atoms with van der Waals surface area (Å²) in [5, 5.41) is 1.20. The van der Waals surface area contributed by atoms with Crippen molar-refractivity contribution in [1.29, 1.82) is 0 Å². The monoisotopic (exact) mass is 224 g/mol. The van der Waals surface area contributed by atoms with E-state index < -0.39 is 0 Å². The summed E-state index contributed by atoms with van der Waals surface area (Å²) in [5.41, 5.74) is 1.01. The van der Waals surface area contributed by atoms with Crippen molar-refractivity contribution < 1.29 is 0 Å². The van der Waals surface area contributed by atoms with E-state index in [-0.39, 0.29) is 5.56 Å². The fraction of sp³-hybridized carbons (Fsp3) is 0. The number of aromatic amines is 1. The predicted molar refractivity (Wildman–Crippen MR) is 68.8 cm³/mol. The fourth-order valence-corrected chi connectivity index (χ4v) is 1.39. The molecular formula is C14H12N2O. The summed E-state index contributed by atoms with van der Waals surface area (Å²) >= 11 is 0. The van der Waals surface area contributed by atoms with Crippen molar-refractivity contribution in [3.63, 3.8) is 0 Å². The average molecular weight is 224 g/mol. The largest absolute Gasteiger partial charge is 0.329 e. The molecule has 0 saturated heterocycles. The van der Waals surface area contributed by atoms with Crippen LogP contribution in [0.15, 0.2) is 71.8 Å². The van der Waals surface area contributed by atoms with Crippen molar-refractivity contribution >= 4 is 10.9 Å². The zero-order chi connectivity index (χ0) is 11.9. The van der Waals surface area contributed by atoms with E-state index in [0.29, 0.717) is 0 Å². The smallest absolute Gasteiger partial charge is 0.247 e. The Morgan fingerprint density at radius 1 is 0.882 bits per heavy atom. The fourth-order valence-electron chi connectivity index (χ4n) is 1.39. The van der Waals surface area contributed by atoms with Crippen molar-refractivity contribution in [3.05, 3.63) is 77.3 Å². The standard InChI is InChI=1S/C9H7N.C5H5NO/c1-2-6-9-8(4-1)5-3-7-10-9;7-5-3-1-2-4-6-5/h1-7H;1-4H,(H,6,7). The van der Waals surface area contributed by atoms with E-state index in [1.54, 1.807) is 18.3 Å². The average Bonchev–Trinajstić information content (AvgIpc) is 2.41. The van der Waals surface area contributed by atoms with E-state index in [0.717, 1.165) is 5.52 Å². The third-order valence-corrected chi connectivity index (χ3v) is 2.19. The lowest BCUT2D eigenvalue weighted by molar-refractivity contribution is 1.24. The highest BCUT2D eigenvalue weighted by molar-refractivity contribution is 5.77. The van der Waals surface area contributed by atoms with Gasteiger partial charge in [-0.2, -0.15) is 0 Å². The molecule has 0 unspecified atom stereocenters. The number of nitrogens with one attached hydrogen (secondary N) is 1. The van der Waals surface area contributed by atoms with Crippen molar-refractivity contribution in [2.75, 3.05) is 0 Å². The van der Waals surface area contributed by atoms with Gasteiger partial charge in [-0.1, -0.05) is 30.3 Å². The second kappa shape index (κ2) is 5.61. The molecular weight excluding hydrogens is 212 g/mol. The van der Waals surface area contributed by atoms with Gasteiger partial charge in [0, 0.05) is 23.8 Å². The number of para-hydroxylation sites is 1. The lowest BCUT2D eigenvalue weighted by atomic mass is 10.2. The number of nitrogens with zero attached hydrogens (tertiary/aromatic N) is 1. The Kier molecular flexibility index (Phi) is 3.65. The van der Waals surface area contributed by atoms with Gasteiger partial charge in [0.25, 0.3) is 0 Å². The topological polar surface area (TPSA) is 45.8 Å². The molecule has 0 bridgehead atoms. The third-order valence-electron chi connectivity index (χ3n) is 2.19. The summed E-state index contributed by atoms with van der Waals surface area (Å²) < 4.78 is 0. The lowest BCUT2D eigenvalue weighted by Crippen LogP contribution is -1.98. The molecule has 0 aliphatic rings. The van der Waals surface area contributed by atoms with Crippen LogP contribution in [0.3, 0.4) is 0 Å². The molecule has 1 N–H and O–H groups in total. The van der Waals surface area contributed by atoms with E-state index in [2.05, 4.69) is 22.1 Å². The van der Waals surface area contributed by atoms with Gasteiger partial charge in [0.2, 0.25) is 5.56 Å². The number of fused-ring (bicyclic) bond motifs is 1. The van der Waals surface area contributed by atoms with E-state index in [9.17, 15) is 4.79 Å². The molecule has 0 radical (unpaired) electrons. The Hall–Kier alpha value is -2.42. The van der Waals surface area contributed by atoms with Gasteiger partial charge in [0.15, 0.2) is 0 Å². The molecule has 0 saturated carbocycles. The first-order valence-corrected chi connectivity index (χ1v) is 5.30. The summed E-state index contributed by atoms with van der Waals surface area (Å²) in [4.78, 5) is 16.9. The Balaban J connectivity index is 0.000000136. The van der Waals surface area contributed by atoms with Crippen LogP contribution in [0.5, 0.6) is 0 Å². The molecule has 3 rings (SSSR count). The predicted octanol–water partition coefficient (Wildman–Crippen LogP) is 2.61. The summed E-state index contributed by atoms with van der Waals surface area (Å²) in [6, 6.07) is 17.0. The van der Waals surface area contributed by atoms with Crippen LogP contribution in [-0.4, -0.2) is 9.97 Å². The first kappa shape index (κ1) is 11.1. The molecule has 0 aliphatic heterocycles. The van der Waals surface area contributed by atoms with Gasteiger partial charge in [0.1, 0.15) is 0 Å². The quantitative estimate of drug-likeness (QED) is 0.638. The van der Waals surface area contributed by atoms with Gasteiger partial charge in [-0.25, -0.2) is 0 Å². The summed E-state index contributed by atoms with van der Waals surface area (Å²) in [5.74, 6) is 0. The van der Waals surface area contributed by atoms with Gasteiger partial charge in [-0.05, 0) is 18.2 Å². The second-order valence-electron chi connectivity index (χ2n) is 3.42.